The van der Waals surface area contributed by atoms with Crippen LogP contribution in [0.4, 0.5) is 0 Å². The Morgan fingerprint density at radius 1 is 1.00 bits per heavy atom. The van der Waals surface area contributed by atoms with Gasteiger partial charge in [-0.1, -0.05) is 48.5 Å². The Morgan fingerprint density at radius 2 is 1.56 bits per heavy atom. The van der Waals surface area contributed by atoms with Crippen LogP contribution in [0.2, 0.25) is 0 Å². The third-order valence-electron chi connectivity index (χ3n) is 2.58. The molecule has 0 saturated heterocycles. The van der Waals surface area contributed by atoms with Crippen molar-refractivity contribution in [1.29, 1.82) is 0 Å². The lowest BCUT2D eigenvalue weighted by Gasteiger charge is -2.17. The fourth-order valence-corrected chi connectivity index (χ4v) is 1.67. The first-order valence-corrected chi connectivity index (χ1v) is 5.79. The van der Waals surface area contributed by atoms with E-state index in [1.807, 2.05) is 60.7 Å². The van der Waals surface area contributed by atoms with E-state index in [1.54, 1.807) is 7.05 Å². The highest BCUT2D eigenvalue weighted by Crippen LogP contribution is 2.21. The molecule has 0 radical (unpaired) electrons. The normalized spacial score (nSPS) is 11.6. The Morgan fingerprint density at radius 3 is 2.11 bits per heavy atom. The van der Waals surface area contributed by atoms with Crippen molar-refractivity contribution in [1.82, 2.24) is 5.32 Å². The molecule has 2 aromatic carbocycles. The molecular formula is C15H15NO2. The number of ether oxygens (including phenoxy) is 1. The zero-order chi connectivity index (χ0) is 12.8. The summed E-state index contributed by atoms with van der Waals surface area (Å²) in [5.41, 5.74) is 0.834. The van der Waals surface area contributed by atoms with Crippen molar-refractivity contribution in [3.05, 3.63) is 66.2 Å². The summed E-state index contributed by atoms with van der Waals surface area (Å²) in [4.78, 5) is 11.9. The molecule has 1 atom stereocenters. The molecule has 0 aromatic heterocycles. The molecule has 3 heteroatoms. The van der Waals surface area contributed by atoms with Crippen molar-refractivity contribution in [2.24, 2.45) is 0 Å². The Kier molecular flexibility index (Phi) is 3.97. The molecule has 0 spiro atoms. The lowest BCUT2D eigenvalue weighted by atomic mass is 10.1. The van der Waals surface area contributed by atoms with E-state index in [0.29, 0.717) is 5.75 Å². The monoisotopic (exact) mass is 241 g/mol. The third kappa shape index (κ3) is 2.88. The van der Waals surface area contributed by atoms with Crippen LogP contribution in [0.3, 0.4) is 0 Å². The minimum absolute atomic E-state index is 0.162. The van der Waals surface area contributed by atoms with Gasteiger partial charge in [-0.2, -0.15) is 0 Å². The molecule has 0 saturated carbocycles. The smallest absolute Gasteiger partial charge is 0.265 e. The van der Waals surface area contributed by atoms with Gasteiger partial charge < -0.3 is 10.1 Å². The predicted molar refractivity (Wildman–Crippen MR) is 70.3 cm³/mol. The first-order valence-electron chi connectivity index (χ1n) is 5.79. The van der Waals surface area contributed by atoms with Crippen LogP contribution in [0, 0.1) is 0 Å². The zero-order valence-corrected chi connectivity index (χ0v) is 10.2. The Hall–Kier alpha value is -2.29. The molecule has 92 valence electrons. The molecule has 0 aliphatic heterocycles. The topological polar surface area (TPSA) is 38.3 Å². The van der Waals surface area contributed by atoms with Gasteiger partial charge in [0.1, 0.15) is 5.75 Å². The van der Waals surface area contributed by atoms with Crippen LogP contribution >= 0.6 is 0 Å². The summed E-state index contributed by atoms with van der Waals surface area (Å²) in [6, 6.07) is 18.8. The van der Waals surface area contributed by atoms with Gasteiger partial charge in [0.05, 0.1) is 0 Å². The number of benzene rings is 2. The SMILES string of the molecule is CNC(=O)C(Oc1ccccc1)c1ccccc1. The molecule has 18 heavy (non-hydrogen) atoms. The van der Waals surface area contributed by atoms with E-state index >= 15 is 0 Å². The largest absolute Gasteiger partial charge is 0.476 e. The van der Waals surface area contributed by atoms with Crippen LogP contribution < -0.4 is 10.1 Å². The average molecular weight is 241 g/mol. The van der Waals surface area contributed by atoms with E-state index in [0.717, 1.165) is 5.56 Å². The minimum Gasteiger partial charge on any atom is -0.476 e. The molecule has 0 heterocycles. The summed E-state index contributed by atoms with van der Waals surface area (Å²) >= 11 is 0. The van der Waals surface area contributed by atoms with Gasteiger partial charge in [0.15, 0.2) is 0 Å². The van der Waals surface area contributed by atoms with Gasteiger partial charge >= 0.3 is 0 Å². The number of likely N-dealkylation sites (N-methyl/N-ethyl adjacent to an activating group) is 1. The number of para-hydroxylation sites is 1. The molecule has 0 fully saturated rings. The molecule has 2 rings (SSSR count). The van der Waals surface area contributed by atoms with Crippen LogP contribution in [0.5, 0.6) is 5.75 Å². The maximum Gasteiger partial charge on any atom is 0.265 e. The van der Waals surface area contributed by atoms with Crippen LogP contribution in [0.25, 0.3) is 0 Å². The van der Waals surface area contributed by atoms with E-state index < -0.39 is 6.10 Å². The molecule has 0 bridgehead atoms. The summed E-state index contributed by atoms with van der Waals surface area (Å²) in [7, 11) is 1.60. The summed E-state index contributed by atoms with van der Waals surface area (Å²) in [6.07, 6.45) is -0.626. The van der Waals surface area contributed by atoms with Crippen LogP contribution in [-0.4, -0.2) is 13.0 Å². The highest BCUT2D eigenvalue weighted by atomic mass is 16.5. The molecular weight excluding hydrogens is 226 g/mol. The number of carbonyl (C=O) groups is 1. The quantitative estimate of drug-likeness (QED) is 0.893. The summed E-state index contributed by atoms with van der Waals surface area (Å²) in [5.74, 6) is 0.514. The zero-order valence-electron chi connectivity index (χ0n) is 10.2. The van der Waals surface area contributed by atoms with E-state index in [9.17, 15) is 4.79 Å². The first kappa shape index (κ1) is 12.2. The number of hydrogen-bond acceptors (Lipinski definition) is 2. The number of amides is 1. The van der Waals surface area contributed by atoms with Crippen molar-refractivity contribution in [2.75, 3.05) is 7.05 Å². The number of rotatable bonds is 4. The standard InChI is InChI=1S/C15H15NO2/c1-16-15(17)14(12-8-4-2-5-9-12)18-13-10-6-3-7-11-13/h2-11,14H,1H3,(H,16,17). The van der Waals surface area contributed by atoms with E-state index in [1.165, 1.54) is 0 Å². The van der Waals surface area contributed by atoms with Crippen molar-refractivity contribution in [3.8, 4) is 5.75 Å². The Labute approximate surface area is 106 Å². The second kappa shape index (κ2) is 5.87. The highest BCUT2D eigenvalue weighted by Gasteiger charge is 2.20. The molecule has 0 aliphatic rings. The molecule has 1 N–H and O–H groups in total. The summed E-state index contributed by atoms with van der Waals surface area (Å²) in [6.45, 7) is 0. The van der Waals surface area contributed by atoms with E-state index in [2.05, 4.69) is 5.32 Å². The minimum atomic E-state index is -0.626. The van der Waals surface area contributed by atoms with Gasteiger partial charge in [-0.05, 0) is 12.1 Å². The lowest BCUT2D eigenvalue weighted by Crippen LogP contribution is -2.29. The Balaban J connectivity index is 2.24. The predicted octanol–water partition coefficient (Wildman–Crippen LogP) is 2.55. The van der Waals surface area contributed by atoms with Crippen molar-refractivity contribution >= 4 is 5.91 Å². The average Bonchev–Trinajstić information content (AvgIpc) is 2.46. The van der Waals surface area contributed by atoms with Gasteiger partial charge in [0.25, 0.3) is 5.91 Å². The van der Waals surface area contributed by atoms with Gasteiger partial charge in [-0.25, -0.2) is 0 Å². The highest BCUT2D eigenvalue weighted by molar-refractivity contribution is 5.82. The van der Waals surface area contributed by atoms with Crippen molar-refractivity contribution < 1.29 is 9.53 Å². The van der Waals surface area contributed by atoms with Gasteiger partial charge in [0.2, 0.25) is 6.10 Å². The summed E-state index contributed by atoms with van der Waals surface area (Å²) in [5, 5.41) is 2.62. The number of nitrogens with one attached hydrogen (secondary N) is 1. The molecule has 2 aromatic rings. The number of hydrogen-bond donors (Lipinski definition) is 1. The van der Waals surface area contributed by atoms with E-state index in [4.69, 9.17) is 4.74 Å². The third-order valence-corrected chi connectivity index (χ3v) is 2.58. The first-order chi connectivity index (χ1) is 8.81. The molecule has 3 nitrogen and oxygen atoms in total. The van der Waals surface area contributed by atoms with Gasteiger partial charge in [-0.15, -0.1) is 0 Å². The van der Waals surface area contributed by atoms with Gasteiger partial charge in [-0.3, -0.25) is 4.79 Å². The lowest BCUT2D eigenvalue weighted by molar-refractivity contribution is -0.127. The fraction of sp³-hybridized carbons (Fsp3) is 0.133. The van der Waals surface area contributed by atoms with Crippen molar-refractivity contribution in [3.63, 3.8) is 0 Å². The summed E-state index contributed by atoms with van der Waals surface area (Å²) < 4.78 is 5.74. The van der Waals surface area contributed by atoms with Crippen LogP contribution in [-0.2, 0) is 4.79 Å². The molecule has 1 amide bonds. The maximum atomic E-state index is 11.9. The molecule has 0 aliphatic carbocycles. The maximum absolute atomic E-state index is 11.9. The van der Waals surface area contributed by atoms with Gasteiger partial charge in [0, 0.05) is 12.6 Å². The second-order valence-electron chi connectivity index (χ2n) is 3.84. The van der Waals surface area contributed by atoms with E-state index in [-0.39, 0.29) is 5.91 Å². The van der Waals surface area contributed by atoms with Crippen LogP contribution in [0.15, 0.2) is 60.7 Å². The Bertz CT molecular complexity index is 496. The van der Waals surface area contributed by atoms with Crippen LogP contribution in [0.1, 0.15) is 11.7 Å². The fourth-order valence-electron chi connectivity index (χ4n) is 1.67. The van der Waals surface area contributed by atoms with Crippen molar-refractivity contribution in [2.45, 2.75) is 6.10 Å². The second-order valence-corrected chi connectivity index (χ2v) is 3.84. The molecule has 1 unspecified atom stereocenters. The number of carbonyl (C=O) groups excluding carboxylic acids is 1.